The first-order valence-corrected chi connectivity index (χ1v) is 13.9. The van der Waals surface area contributed by atoms with Gasteiger partial charge in [-0.15, -0.1) is 0 Å². The number of nitrogens with one attached hydrogen (secondary N) is 3. The molecule has 1 aliphatic carbocycles. The van der Waals surface area contributed by atoms with Gasteiger partial charge in [0, 0.05) is 13.1 Å². The fourth-order valence-corrected chi connectivity index (χ4v) is 5.86. The molecule has 3 fully saturated rings. The largest absolute Gasteiger partial charge is 0.356 e. The van der Waals surface area contributed by atoms with Gasteiger partial charge in [-0.3, -0.25) is 29.4 Å². The number of nitrogens with zero attached hydrogens (tertiary/aromatic N) is 2. The molecule has 38 heavy (non-hydrogen) atoms. The number of fused-ring (bicyclic) bond motifs is 1. The quantitative estimate of drug-likeness (QED) is 0.281. The number of hydrazine groups is 1. The first kappa shape index (κ1) is 30.3. The van der Waals surface area contributed by atoms with Crippen molar-refractivity contribution >= 4 is 52.7 Å². The highest BCUT2D eigenvalue weighted by atomic mass is 35.5. The molecule has 214 valence electrons. The van der Waals surface area contributed by atoms with Crippen molar-refractivity contribution in [3.63, 3.8) is 0 Å². The molecule has 0 spiro atoms. The molecule has 2 saturated heterocycles. The van der Waals surface area contributed by atoms with E-state index in [-0.39, 0.29) is 30.8 Å². The average Bonchev–Trinajstić information content (AvgIpc) is 3.48. The van der Waals surface area contributed by atoms with Crippen LogP contribution in [0.4, 0.5) is 8.78 Å². The van der Waals surface area contributed by atoms with Crippen molar-refractivity contribution < 1.29 is 32.8 Å². The Morgan fingerprint density at radius 1 is 1.13 bits per heavy atom. The van der Waals surface area contributed by atoms with Crippen LogP contribution in [0.3, 0.4) is 0 Å². The Balaban J connectivity index is 1.85. The Labute approximate surface area is 230 Å². The van der Waals surface area contributed by atoms with Crippen molar-refractivity contribution in [1.82, 2.24) is 26.0 Å². The minimum absolute atomic E-state index is 0.0140. The van der Waals surface area contributed by atoms with Crippen LogP contribution in [-0.4, -0.2) is 82.4 Å². The van der Waals surface area contributed by atoms with Gasteiger partial charge in [-0.2, -0.15) is 0 Å². The van der Waals surface area contributed by atoms with Crippen molar-refractivity contribution in [2.75, 3.05) is 19.6 Å². The smallest absolute Gasteiger partial charge is 0.291 e. The Morgan fingerprint density at radius 2 is 1.84 bits per heavy atom. The van der Waals surface area contributed by atoms with Crippen LogP contribution in [0.15, 0.2) is 0 Å². The van der Waals surface area contributed by atoms with Crippen LogP contribution in [-0.2, 0) is 24.0 Å². The van der Waals surface area contributed by atoms with Gasteiger partial charge >= 0.3 is 0 Å². The van der Waals surface area contributed by atoms with Gasteiger partial charge in [0.15, 0.2) is 0 Å². The van der Waals surface area contributed by atoms with E-state index in [4.69, 9.17) is 23.2 Å². The van der Waals surface area contributed by atoms with E-state index in [1.165, 1.54) is 4.90 Å². The SMILES string of the molecule is CC[C@H](C)[C@H](NC(=O)C(F)Cl)C(=O)N1C[C@@H]2CCC[C@@H]2[C@H]1C(=O)NN(C[C@@H]1CCCNC1=O)C(=O)[C@H](F)Cl. The molecule has 0 aromatic heterocycles. The first-order valence-electron chi connectivity index (χ1n) is 13.0. The van der Waals surface area contributed by atoms with Gasteiger partial charge in [-0.25, -0.2) is 13.8 Å². The van der Waals surface area contributed by atoms with Crippen molar-refractivity contribution in [3.8, 4) is 0 Å². The molecular weight excluding hydrogens is 547 g/mol. The van der Waals surface area contributed by atoms with Gasteiger partial charge in [0.25, 0.3) is 29.0 Å². The maximum absolute atomic E-state index is 13.8. The van der Waals surface area contributed by atoms with E-state index in [2.05, 4.69) is 16.1 Å². The lowest BCUT2D eigenvalue weighted by Gasteiger charge is -2.35. The maximum atomic E-state index is 13.8. The predicted octanol–water partition coefficient (Wildman–Crippen LogP) is 1.60. The van der Waals surface area contributed by atoms with Crippen molar-refractivity contribution in [1.29, 1.82) is 0 Å². The number of likely N-dealkylation sites (tertiary alicyclic amines) is 1. The summed E-state index contributed by atoms with van der Waals surface area (Å²) in [7, 11) is 0. The molecule has 14 heteroatoms. The van der Waals surface area contributed by atoms with Crippen LogP contribution < -0.4 is 16.1 Å². The Morgan fingerprint density at radius 3 is 2.45 bits per heavy atom. The van der Waals surface area contributed by atoms with Crippen molar-refractivity contribution in [2.24, 2.45) is 23.7 Å². The summed E-state index contributed by atoms with van der Waals surface area (Å²) in [6, 6.07) is -2.14. The van der Waals surface area contributed by atoms with E-state index < -0.39 is 58.8 Å². The van der Waals surface area contributed by atoms with Gasteiger partial charge in [0.1, 0.15) is 12.1 Å². The average molecular weight is 582 g/mol. The second-order valence-corrected chi connectivity index (χ2v) is 11.1. The summed E-state index contributed by atoms with van der Waals surface area (Å²) >= 11 is 10.7. The summed E-state index contributed by atoms with van der Waals surface area (Å²) in [5.74, 6) is -5.24. The minimum Gasteiger partial charge on any atom is -0.356 e. The van der Waals surface area contributed by atoms with Crippen LogP contribution >= 0.6 is 23.2 Å². The lowest BCUT2D eigenvalue weighted by molar-refractivity contribution is -0.150. The molecule has 3 rings (SSSR count). The number of carbonyl (C=O) groups excluding carboxylic acids is 5. The number of hydrogen-bond donors (Lipinski definition) is 3. The minimum atomic E-state index is -2.45. The van der Waals surface area contributed by atoms with Gasteiger partial charge in [0.2, 0.25) is 11.8 Å². The lowest BCUT2D eigenvalue weighted by Crippen LogP contribution is -2.60. The van der Waals surface area contributed by atoms with Crippen molar-refractivity contribution in [3.05, 3.63) is 0 Å². The number of halogens is 4. The summed E-state index contributed by atoms with van der Waals surface area (Å²) in [4.78, 5) is 65.5. The van der Waals surface area contributed by atoms with Crippen LogP contribution in [0.2, 0.25) is 0 Å². The zero-order chi connectivity index (χ0) is 28.1. The standard InChI is InChI=1S/C24H35Cl2F2N5O5/c1-3-12(2)16(30-22(36)18(25)27)23(37)32-10-13-6-4-8-15(13)17(32)21(35)31-33(24(38)19(26)28)11-14-7-5-9-29-20(14)34/h12-19H,3-11H2,1-2H3,(H,29,34)(H,30,36)(H,31,35)/t12-,13-,14-,15-,16-,17-,18?,19-/m0/s1. The third kappa shape index (κ3) is 6.86. The molecule has 1 saturated carbocycles. The van der Waals surface area contributed by atoms with Crippen LogP contribution in [0.5, 0.6) is 0 Å². The number of carbonyl (C=O) groups is 5. The van der Waals surface area contributed by atoms with E-state index in [1.807, 2.05) is 0 Å². The topological polar surface area (TPSA) is 128 Å². The fourth-order valence-electron chi connectivity index (χ4n) is 5.68. The third-order valence-corrected chi connectivity index (χ3v) is 8.30. The van der Waals surface area contributed by atoms with E-state index in [0.29, 0.717) is 32.2 Å². The number of amides is 5. The summed E-state index contributed by atoms with van der Waals surface area (Å²) in [5.41, 5.74) is -2.36. The third-order valence-electron chi connectivity index (χ3n) is 7.92. The summed E-state index contributed by atoms with van der Waals surface area (Å²) < 4.78 is 27.3. The van der Waals surface area contributed by atoms with E-state index in [0.717, 1.165) is 17.9 Å². The second kappa shape index (κ2) is 13.2. The van der Waals surface area contributed by atoms with Gasteiger partial charge in [-0.05, 0) is 43.4 Å². The molecular formula is C24H35Cl2F2N5O5. The number of hydrogen-bond acceptors (Lipinski definition) is 5. The first-order chi connectivity index (χ1) is 18.0. The second-order valence-electron chi connectivity index (χ2n) is 10.3. The molecule has 2 aliphatic heterocycles. The monoisotopic (exact) mass is 581 g/mol. The summed E-state index contributed by atoms with van der Waals surface area (Å²) in [5, 5.41) is 5.75. The molecule has 3 aliphatic rings. The fraction of sp³-hybridized carbons (Fsp3) is 0.792. The Bertz CT molecular complexity index is 927. The molecule has 0 aromatic rings. The molecule has 5 amide bonds. The van der Waals surface area contributed by atoms with Gasteiger partial charge in [-0.1, -0.05) is 49.9 Å². The zero-order valence-corrected chi connectivity index (χ0v) is 22.9. The molecule has 8 atom stereocenters. The molecule has 10 nitrogen and oxygen atoms in total. The van der Waals surface area contributed by atoms with E-state index >= 15 is 0 Å². The lowest BCUT2D eigenvalue weighted by atomic mass is 9.93. The molecule has 0 radical (unpaired) electrons. The highest BCUT2D eigenvalue weighted by Gasteiger charge is 2.51. The number of alkyl halides is 4. The van der Waals surface area contributed by atoms with E-state index in [9.17, 15) is 32.8 Å². The molecule has 1 unspecified atom stereocenters. The summed E-state index contributed by atoms with van der Waals surface area (Å²) in [6.45, 7) is 3.97. The number of rotatable bonds is 9. The normalized spacial score (nSPS) is 27.9. The highest BCUT2D eigenvalue weighted by Crippen LogP contribution is 2.42. The number of piperidine rings is 1. The van der Waals surface area contributed by atoms with Crippen LogP contribution in [0, 0.1) is 23.7 Å². The van der Waals surface area contributed by atoms with Crippen molar-refractivity contribution in [2.45, 2.75) is 75.7 Å². The highest BCUT2D eigenvalue weighted by molar-refractivity contribution is 6.30. The van der Waals surface area contributed by atoms with E-state index in [1.54, 1.807) is 13.8 Å². The zero-order valence-electron chi connectivity index (χ0n) is 21.4. The molecule has 3 N–H and O–H groups in total. The molecule has 0 aromatic carbocycles. The molecule has 2 heterocycles. The van der Waals surface area contributed by atoms with Crippen LogP contribution in [0.1, 0.15) is 52.4 Å². The predicted molar refractivity (Wildman–Crippen MR) is 135 cm³/mol. The molecule has 0 bridgehead atoms. The van der Waals surface area contributed by atoms with Crippen LogP contribution in [0.25, 0.3) is 0 Å². The summed E-state index contributed by atoms with van der Waals surface area (Å²) in [6.07, 6.45) is 3.86. The maximum Gasteiger partial charge on any atom is 0.291 e. The Kier molecular flexibility index (Phi) is 10.6. The van der Waals surface area contributed by atoms with Gasteiger partial charge in [0.05, 0.1) is 12.5 Å². The Hall–Kier alpha value is -2.21. The van der Waals surface area contributed by atoms with Gasteiger partial charge < -0.3 is 15.5 Å².